The second kappa shape index (κ2) is 7.56. The van der Waals surface area contributed by atoms with E-state index in [1.54, 1.807) is 25.2 Å². The molecule has 3 rings (SSSR count). The lowest BCUT2D eigenvalue weighted by Crippen LogP contribution is -2.41. The van der Waals surface area contributed by atoms with Crippen molar-refractivity contribution in [2.24, 2.45) is 10.7 Å². The molecule has 1 aliphatic rings. The van der Waals surface area contributed by atoms with Gasteiger partial charge in [0.25, 0.3) is 0 Å². The number of aliphatic imine (C=N–C) groups is 1. The van der Waals surface area contributed by atoms with Crippen molar-refractivity contribution in [3.8, 4) is 0 Å². The Hall–Kier alpha value is -2.89. The summed E-state index contributed by atoms with van der Waals surface area (Å²) >= 11 is 0. The van der Waals surface area contributed by atoms with Gasteiger partial charge in [0.05, 0.1) is 0 Å². The number of benzene rings is 2. The number of primary amides is 1. The highest BCUT2D eigenvalue weighted by molar-refractivity contribution is 5.92. The second-order valence-electron chi connectivity index (χ2n) is 6.60. The molecule has 2 aromatic carbocycles. The zero-order chi connectivity index (χ0) is 18.6. The van der Waals surface area contributed by atoms with Crippen LogP contribution < -0.4 is 16.4 Å². The first-order chi connectivity index (χ1) is 12.5. The second-order valence-corrected chi connectivity index (χ2v) is 6.60. The number of nitrogens with two attached hydrogens (primary N) is 1. The first kappa shape index (κ1) is 17.9. The lowest BCUT2D eigenvalue weighted by molar-refractivity contribution is 0.100. The molecule has 0 atom stereocenters. The Morgan fingerprint density at radius 3 is 2.42 bits per heavy atom. The average Bonchev–Trinajstić information content (AvgIpc) is 3.43. The molecule has 136 valence electrons. The zero-order valence-corrected chi connectivity index (χ0v) is 14.8. The molecule has 1 aliphatic carbocycles. The summed E-state index contributed by atoms with van der Waals surface area (Å²) in [6.07, 6.45) is 1.93. The topological polar surface area (TPSA) is 79.5 Å². The van der Waals surface area contributed by atoms with Crippen molar-refractivity contribution in [1.82, 2.24) is 10.6 Å². The summed E-state index contributed by atoms with van der Waals surface area (Å²) < 4.78 is 14.1. The predicted molar refractivity (Wildman–Crippen MR) is 100 cm³/mol. The molecule has 1 saturated carbocycles. The van der Waals surface area contributed by atoms with E-state index in [4.69, 9.17) is 5.73 Å². The molecule has 26 heavy (non-hydrogen) atoms. The first-order valence-corrected chi connectivity index (χ1v) is 8.62. The highest BCUT2D eigenvalue weighted by Crippen LogP contribution is 2.48. The fraction of sp³-hybridized carbons (Fsp3) is 0.300. The zero-order valence-electron chi connectivity index (χ0n) is 14.8. The molecule has 0 unspecified atom stereocenters. The van der Waals surface area contributed by atoms with Crippen LogP contribution in [0.5, 0.6) is 0 Å². The van der Waals surface area contributed by atoms with Crippen molar-refractivity contribution in [3.05, 3.63) is 71.0 Å². The van der Waals surface area contributed by atoms with E-state index in [0.29, 0.717) is 24.6 Å². The smallest absolute Gasteiger partial charge is 0.248 e. The summed E-state index contributed by atoms with van der Waals surface area (Å²) in [5.74, 6) is 0.0701. The standard InChI is InChI=1S/C20H23FN4O/c1-23-19(24-12-14-6-8-15(9-7-14)18(22)26)25-13-20(10-11-20)16-4-2-3-5-17(16)21/h2-9H,10-13H2,1H3,(H2,22,26)(H2,23,24,25). The summed E-state index contributed by atoms with van der Waals surface area (Å²) in [5, 5.41) is 6.53. The number of nitrogens with one attached hydrogen (secondary N) is 2. The number of carbonyl (C=O) groups is 1. The van der Waals surface area contributed by atoms with E-state index in [2.05, 4.69) is 15.6 Å². The van der Waals surface area contributed by atoms with E-state index < -0.39 is 5.91 Å². The fourth-order valence-corrected chi connectivity index (χ4v) is 3.03. The van der Waals surface area contributed by atoms with Gasteiger partial charge in [0.2, 0.25) is 5.91 Å². The molecule has 0 radical (unpaired) electrons. The van der Waals surface area contributed by atoms with Gasteiger partial charge < -0.3 is 16.4 Å². The molecular formula is C20H23FN4O. The van der Waals surface area contributed by atoms with Gasteiger partial charge >= 0.3 is 0 Å². The van der Waals surface area contributed by atoms with Gasteiger partial charge in [-0.15, -0.1) is 0 Å². The largest absolute Gasteiger partial charge is 0.366 e. The molecule has 0 bridgehead atoms. The molecule has 4 N–H and O–H groups in total. The van der Waals surface area contributed by atoms with E-state index in [1.165, 1.54) is 6.07 Å². The van der Waals surface area contributed by atoms with Crippen LogP contribution in [0.15, 0.2) is 53.5 Å². The van der Waals surface area contributed by atoms with Crippen molar-refractivity contribution in [1.29, 1.82) is 0 Å². The van der Waals surface area contributed by atoms with Crippen LogP contribution in [0.1, 0.15) is 34.3 Å². The van der Waals surface area contributed by atoms with E-state index in [-0.39, 0.29) is 11.2 Å². The Morgan fingerprint density at radius 2 is 1.85 bits per heavy atom. The van der Waals surface area contributed by atoms with Gasteiger partial charge in [-0.3, -0.25) is 9.79 Å². The highest BCUT2D eigenvalue weighted by Gasteiger charge is 2.45. The number of carbonyl (C=O) groups excluding carboxylic acids is 1. The molecule has 0 heterocycles. The molecular weight excluding hydrogens is 331 g/mol. The maximum absolute atomic E-state index is 14.1. The van der Waals surface area contributed by atoms with Crippen LogP contribution in [0, 0.1) is 5.82 Å². The van der Waals surface area contributed by atoms with Crippen LogP contribution in [-0.4, -0.2) is 25.5 Å². The van der Waals surface area contributed by atoms with Crippen molar-refractivity contribution in [2.45, 2.75) is 24.8 Å². The van der Waals surface area contributed by atoms with Crippen LogP contribution >= 0.6 is 0 Å². The average molecular weight is 354 g/mol. The first-order valence-electron chi connectivity index (χ1n) is 8.62. The van der Waals surface area contributed by atoms with Crippen LogP contribution in [0.3, 0.4) is 0 Å². The summed E-state index contributed by atoms with van der Waals surface area (Å²) in [5.41, 5.74) is 7.35. The van der Waals surface area contributed by atoms with Gasteiger partial charge in [0.1, 0.15) is 5.82 Å². The number of halogens is 1. The summed E-state index contributed by atoms with van der Waals surface area (Å²) in [7, 11) is 1.70. The van der Waals surface area contributed by atoms with Crippen LogP contribution in [-0.2, 0) is 12.0 Å². The van der Waals surface area contributed by atoms with Crippen LogP contribution in [0.25, 0.3) is 0 Å². The number of guanidine groups is 1. The van der Waals surface area contributed by atoms with E-state index in [9.17, 15) is 9.18 Å². The molecule has 0 saturated heterocycles. The maximum Gasteiger partial charge on any atom is 0.248 e. The Bertz CT molecular complexity index is 813. The third-order valence-electron chi connectivity index (χ3n) is 4.82. The lowest BCUT2D eigenvalue weighted by atomic mass is 9.95. The van der Waals surface area contributed by atoms with Gasteiger partial charge in [-0.2, -0.15) is 0 Å². The van der Waals surface area contributed by atoms with E-state index in [1.807, 2.05) is 24.3 Å². The van der Waals surface area contributed by atoms with Gasteiger partial charge in [0, 0.05) is 31.1 Å². The van der Waals surface area contributed by atoms with Crippen LogP contribution in [0.2, 0.25) is 0 Å². The lowest BCUT2D eigenvalue weighted by Gasteiger charge is -2.19. The Morgan fingerprint density at radius 1 is 1.15 bits per heavy atom. The Kier molecular flexibility index (Phi) is 5.21. The number of hydrogen-bond donors (Lipinski definition) is 3. The van der Waals surface area contributed by atoms with Gasteiger partial charge in [-0.25, -0.2) is 4.39 Å². The molecule has 0 aromatic heterocycles. The number of amides is 1. The SMILES string of the molecule is CN=C(NCc1ccc(C(N)=O)cc1)NCC1(c2ccccc2F)CC1. The highest BCUT2D eigenvalue weighted by atomic mass is 19.1. The minimum absolute atomic E-state index is 0.147. The molecule has 2 aromatic rings. The van der Waals surface area contributed by atoms with E-state index >= 15 is 0 Å². The summed E-state index contributed by atoms with van der Waals surface area (Å²) in [6.45, 7) is 1.19. The number of rotatable bonds is 6. The predicted octanol–water partition coefficient (Wildman–Crippen LogP) is 2.32. The maximum atomic E-state index is 14.1. The molecule has 6 heteroatoms. The van der Waals surface area contributed by atoms with Crippen LogP contribution in [0.4, 0.5) is 4.39 Å². The van der Waals surface area contributed by atoms with Crippen molar-refractivity contribution >= 4 is 11.9 Å². The molecule has 0 spiro atoms. The summed E-state index contributed by atoms with van der Waals surface area (Å²) in [4.78, 5) is 15.3. The van der Waals surface area contributed by atoms with Gasteiger partial charge in [0.15, 0.2) is 5.96 Å². The van der Waals surface area contributed by atoms with Crippen molar-refractivity contribution in [2.75, 3.05) is 13.6 Å². The monoisotopic (exact) mass is 354 g/mol. The quantitative estimate of drug-likeness (QED) is 0.550. The molecule has 0 aliphatic heterocycles. The number of nitrogens with zero attached hydrogens (tertiary/aromatic N) is 1. The minimum atomic E-state index is -0.440. The number of hydrogen-bond acceptors (Lipinski definition) is 2. The van der Waals surface area contributed by atoms with Gasteiger partial charge in [-0.05, 0) is 42.2 Å². The third kappa shape index (κ3) is 4.02. The van der Waals surface area contributed by atoms with Crippen molar-refractivity contribution < 1.29 is 9.18 Å². The van der Waals surface area contributed by atoms with Crippen molar-refractivity contribution in [3.63, 3.8) is 0 Å². The molecule has 1 amide bonds. The molecule has 5 nitrogen and oxygen atoms in total. The Balaban J connectivity index is 1.55. The molecule has 1 fully saturated rings. The van der Waals surface area contributed by atoms with Gasteiger partial charge in [-0.1, -0.05) is 30.3 Å². The normalized spacial score (nSPS) is 15.4. The van der Waals surface area contributed by atoms with E-state index in [0.717, 1.165) is 24.0 Å². The third-order valence-corrected chi connectivity index (χ3v) is 4.82. The Labute approximate surface area is 152 Å². The fourth-order valence-electron chi connectivity index (χ4n) is 3.03. The minimum Gasteiger partial charge on any atom is -0.366 e. The summed E-state index contributed by atoms with van der Waals surface area (Å²) in [6, 6.07) is 14.1.